The Morgan fingerprint density at radius 3 is 2.39 bits per heavy atom. The minimum absolute atomic E-state index is 0.0979. The van der Waals surface area contributed by atoms with Crippen LogP contribution in [0.4, 0.5) is 0 Å². The van der Waals surface area contributed by atoms with E-state index in [2.05, 4.69) is 10.3 Å². The number of rotatable bonds is 6. The fourth-order valence-electron chi connectivity index (χ4n) is 2.84. The summed E-state index contributed by atoms with van der Waals surface area (Å²) in [6, 6.07) is 16.6. The lowest BCUT2D eigenvalue weighted by Gasteiger charge is -2.13. The van der Waals surface area contributed by atoms with Gasteiger partial charge in [-0.1, -0.05) is 29.8 Å². The average molecular weight is 377 g/mol. The number of aromatic nitrogens is 2. The van der Waals surface area contributed by atoms with Crippen molar-refractivity contribution in [1.29, 1.82) is 0 Å². The number of ether oxygens (including phenoxy) is 1. The molecule has 0 bridgehead atoms. The zero-order valence-corrected chi connectivity index (χ0v) is 16.2. The van der Waals surface area contributed by atoms with Gasteiger partial charge in [-0.25, -0.2) is 4.98 Å². The van der Waals surface area contributed by atoms with Gasteiger partial charge in [0.15, 0.2) is 0 Å². The van der Waals surface area contributed by atoms with E-state index in [0.717, 1.165) is 16.7 Å². The third-order valence-electron chi connectivity index (χ3n) is 4.40. The Hall–Kier alpha value is -3.41. The number of carbonyl (C=O) groups is 1. The summed E-state index contributed by atoms with van der Waals surface area (Å²) in [7, 11) is 1.59. The van der Waals surface area contributed by atoms with Crippen molar-refractivity contribution in [1.82, 2.24) is 14.9 Å². The van der Waals surface area contributed by atoms with E-state index < -0.39 is 0 Å². The number of hydrogen-bond acceptors (Lipinski definition) is 4. The van der Waals surface area contributed by atoms with Gasteiger partial charge in [-0.15, -0.1) is 0 Å². The van der Waals surface area contributed by atoms with Crippen LogP contribution in [-0.4, -0.2) is 22.6 Å². The average Bonchev–Trinajstić information content (AvgIpc) is 2.69. The van der Waals surface area contributed by atoms with Crippen LogP contribution in [0.5, 0.6) is 5.75 Å². The highest BCUT2D eigenvalue weighted by atomic mass is 16.5. The molecule has 1 aromatic heterocycles. The maximum absolute atomic E-state index is 12.5. The van der Waals surface area contributed by atoms with Gasteiger partial charge in [-0.3, -0.25) is 14.2 Å². The molecule has 144 valence electrons. The first-order valence-electron chi connectivity index (χ1n) is 9.01. The third kappa shape index (κ3) is 4.65. The van der Waals surface area contributed by atoms with Gasteiger partial charge >= 0.3 is 0 Å². The van der Waals surface area contributed by atoms with E-state index in [9.17, 15) is 9.59 Å². The summed E-state index contributed by atoms with van der Waals surface area (Å²) in [5, 5.41) is 2.86. The summed E-state index contributed by atoms with van der Waals surface area (Å²) in [5.74, 6) is 0.919. The molecule has 3 rings (SSSR count). The zero-order chi connectivity index (χ0) is 20.1. The van der Waals surface area contributed by atoms with E-state index in [1.165, 1.54) is 10.6 Å². The van der Waals surface area contributed by atoms with Crippen LogP contribution in [0.3, 0.4) is 0 Å². The molecule has 0 saturated carbocycles. The first-order valence-corrected chi connectivity index (χ1v) is 9.01. The van der Waals surface area contributed by atoms with E-state index >= 15 is 0 Å². The lowest BCUT2D eigenvalue weighted by molar-refractivity contribution is -0.121. The molecular weight excluding hydrogens is 354 g/mol. The molecule has 1 amide bonds. The third-order valence-corrected chi connectivity index (χ3v) is 4.40. The summed E-state index contributed by atoms with van der Waals surface area (Å²) < 4.78 is 6.56. The lowest BCUT2D eigenvalue weighted by atomic mass is 10.1. The maximum Gasteiger partial charge on any atom is 0.254 e. The molecule has 3 aromatic rings. The molecule has 0 fully saturated rings. The van der Waals surface area contributed by atoms with Crippen LogP contribution in [0.15, 0.2) is 59.4 Å². The van der Waals surface area contributed by atoms with Crippen LogP contribution in [0, 0.1) is 13.8 Å². The van der Waals surface area contributed by atoms with Crippen molar-refractivity contribution in [3.8, 4) is 17.1 Å². The maximum atomic E-state index is 12.5. The fourth-order valence-corrected chi connectivity index (χ4v) is 2.84. The number of amides is 1. The van der Waals surface area contributed by atoms with Gasteiger partial charge in [-0.05, 0) is 43.7 Å². The van der Waals surface area contributed by atoms with Gasteiger partial charge in [-0.2, -0.15) is 0 Å². The van der Waals surface area contributed by atoms with E-state index in [1.54, 1.807) is 26.2 Å². The van der Waals surface area contributed by atoms with Crippen LogP contribution < -0.4 is 15.6 Å². The molecule has 0 radical (unpaired) electrons. The topological polar surface area (TPSA) is 73.2 Å². The fraction of sp³-hybridized carbons (Fsp3) is 0.227. The van der Waals surface area contributed by atoms with Crippen LogP contribution in [0.2, 0.25) is 0 Å². The summed E-state index contributed by atoms with van der Waals surface area (Å²) in [4.78, 5) is 29.5. The highest BCUT2D eigenvalue weighted by Crippen LogP contribution is 2.20. The van der Waals surface area contributed by atoms with Crippen LogP contribution in [-0.2, 0) is 17.9 Å². The van der Waals surface area contributed by atoms with Gasteiger partial charge in [0.05, 0.1) is 7.11 Å². The van der Waals surface area contributed by atoms with Crippen molar-refractivity contribution < 1.29 is 9.53 Å². The largest absolute Gasteiger partial charge is 0.497 e. The van der Waals surface area contributed by atoms with Crippen molar-refractivity contribution in [2.45, 2.75) is 26.9 Å². The first kappa shape index (κ1) is 19.4. The highest BCUT2D eigenvalue weighted by Gasteiger charge is 2.13. The Kier molecular flexibility index (Phi) is 5.89. The summed E-state index contributed by atoms with van der Waals surface area (Å²) >= 11 is 0. The van der Waals surface area contributed by atoms with Gasteiger partial charge in [0.2, 0.25) is 5.91 Å². The Balaban J connectivity index is 1.81. The second-order valence-corrected chi connectivity index (χ2v) is 6.64. The predicted molar refractivity (Wildman–Crippen MR) is 108 cm³/mol. The molecule has 1 N–H and O–H groups in total. The number of hydrogen-bond donors (Lipinski definition) is 1. The normalized spacial score (nSPS) is 10.5. The molecule has 0 saturated heterocycles. The lowest BCUT2D eigenvalue weighted by Crippen LogP contribution is -2.33. The smallest absolute Gasteiger partial charge is 0.254 e. The van der Waals surface area contributed by atoms with Gasteiger partial charge < -0.3 is 10.1 Å². The Morgan fingerprint density at radius 2 is 1.75 bits per heavy atom. The van der Waals surface area contributed by atoms with Crippen LogP contribution in [0.1, 0.15) is 16.8 Å². The SMILES string of the molecule is COc1ccc(-c2nc(C)cc(=O)n2CC(=O)NCc2ccc(C)cc2)cc1. The molecule has 6 nitrogen and oxygen atoms in total. The molecular formula is C22H23N3O3. The molecule has 0 aliphatic heterocycles. The summed E-state index contributed by atoms with van der Waals surface area (Å²) in [6.45, 7) is 4.08. The van der Waals surface area contributed by atoms with Crippen molar-refractivity contribution in [3.63, 3.8) is 0 Å². The quantitative estimate of drug-likeness (QED) is 0.717. The van der Waals surface area contributed by atoms with Crippen LogP contribution >= 0.6 is 0 Å². The molecule has 0 unspecified atom stereocenters. The number of benzene rings is 2. The molecule has 1 heterocycles. The van der Waals surface area contributed by atoms with Gasteiger partial charge in [0.1, 0.15) is 18.1 Å². The number of aryl methyl sites for hydroxylation is 2. The zero-order valence-electron chi connectivity index (χ0n) is 16.2. The van der Waals surface area contributed by atoms with E-state index in [4.69, 9.17) is 4.74 Å². The van der Waals surface area contributed by atoms with Crippen LogP contribution in [0.25, 0.3) is 11.4 Å². The monoisotopic (exact) mass is 377 g/mol. The second-order valence-electron chi connectivity index (χ2n) is 6.64. The number of nitrogens with zero attached hydrogens (tertiary/aromatic N) is 2. The number of methoxy groups -OCH3 is 1. The molecule has 0 aliphatic rings. The molecule has 0 atom stereocenters. The van der Waals surface area contributed by atoms with E-state index in [-0.39, 0.29) is 18.0 Å². The van der Waals surface area contributed by atoms with Crippen molar-refractivity contribution in [2.75, 3.05) is 7.11 Å². The minimum atomic E-state index is -0.260. The second kappa shape index (κ2) is 8.52. The molecule has 28 heavy (non-hydrogen) atoms. The molecule has 0 aliphatic carbocycles. The first-order chi connectivity index (χ1) is 13.5. The Labute approximate surface area is 163 Å². The molecule has 0 spiro atoms. The van der Waals surface area contributed by atoms with Crippen molar-refractivity contribution >= 4 is 5.91 Å². The number of carbonyl (C=O) groups excluding carboxylic acids is 1. The summed E-state index contributed by atoms with van der Waals surface area (Å²) in [5.41, 5.74) is 3.25. The number of nitrogens with one attached hydrogen (secondary N) is 1. The molecule has 6 heteroatoms. The van der Waals surface area contributed by atoms with Gasteiger partial charge in [0, 0.05) is 23.9 Å². The Bertz CT molecular complexity index is 1020. The van der Waals surface area contributed by atoms with Gasteiger partial charge in [0.25, 0.3) is 5.56 Å². The molecule has 2 aromatic carbocycles. The highest BCUT2D eigenvalue weighted by molar-refractivity contribution is 5.76. The summed E-state index contributed by atoms with van der Waals surface area (Å²) in [6.07, 6.45) is 0. The van der Waals surface area contributed by atoms with E-state index in [1.807, 2.05) is 43.3 Å². The minimum Gasteiger partial charge on any atom is -0.497 e. The Morgan fingerprint density at radius 1 is 1.07 bits per heavy atom. The standard InChI is InChI=1S/C22H23N3O3/c1-15-4-6-17(7-5-15)13-23-20(26)14-25-21(27)12-16(2)24-22(25)18-8-10-19(28-3)11-9-18/h4-12H,13-14H2,1-3H3,(H,23,26). The van der Waals surface area contributed by atoms with E-state index in [0.29, 0.717) is 23.8 Å². The predicted octanol–water partition coefficient (Wildman–Crippen LogP) is 2.85. The van der Waals surface area contributed by atoms with Crippen molar-refractivity contribution in [3.05, 3.63) is 81.8 Å². The van der Waals surface area contributed by atoms with Crippen molar-refractivity contribution in [2.24, 2.45) is 0 Å².